The van der Waals surface area contributed by atoms with Crippen molar-refractivity contribution in [3.8, 4) is 0 Å². The Hall–Kier alpha value is 0.790. The summed E-state index contributed by atoms with van der Waals surface area (Å²) >= 11 is 2.05. The second kappa shape index (κ2) is 3.96. The molecule has 1 N–H and O–H groups in total. The highest BCUT2D eigenvalue weighted by atomic mass is 127. The van der Waals surface area contributed by atoms with Crippen LogP contribution in [0.15, 0.2) is 4.74 Å². The summed E-state index contributed by atoms with van der Waals surface area (Å²) < 4.78 is 3.64. The second-order valence-electron chi connectivity index (χ2n) is 0.823. The summed E-state index contributed by atoms with van der Waals surface area (Å²) in [6.07, 6.45) is -0.497. The average molecular weight is 217 g/mol. The Bertz CT molecular complexity index is 55.5. The van der Waals surface area contributed by atoms with Gasteiger partial charge in [0.05, 0.1) is 6.02 Å². The van der Waals surface area contributed by atoms with Crippen molar-refractivity contribution in [2.45, 2.75) is 13.2 Å². The molecular formula is C2H5INOP. The first-order valence-electron chi connectivity index (χ1n) is 1.46. The van der Waals surface area contributed by atoms with E-state index in [0.29, 0.717) is 0 Å². The van der Waals surface area contributed by atoms with E-state index in [1.165, 1.54) is 0 Å². The smallest absolute Gasteiger partial charge is 0.147 e. The molecule has 1 atom stereocenters. The predicted octanol–water partition coefficient (Wildman–Crippen LogP) is 1.80. The standard InChI is InChI=1S/C2H5INOP/c1-2(5)4-6-3/h2,5H,1H3/t2-/m0/s1. The Balaban J connectivity index is 3.03. The number of nitrogens with zero attached hydrogens (tertiary/aromatic N) is 1. The number of aliphatic hydroxyl groups is 1. The summed E-state index contributed by atoms with van der Waals surface area (Å²) in [7, 11) is 0. The molecule has 0 unspecified atom stereocenters. The number of halogens is 1. The summed E-state index contributed by atoms with van der Waals surface area (Å²) in [6.45, 7) is 1.63. The summed E-state index contributed by atoms with van der Waals surface area (Å²) in [6, 6.07) is 0.869. The van der Waals surface area contributed by atoms with Gasteiger partial charge in [-0.25, -0.2) is 4.74 Å². The molecule has 0 rings (SSSR count). The van der Waals surface area contributed by atoms with Gasteiger partial charge < -0.3 is 5.11 Å². The molecule has 0 aromatic rings. The van der Waals surface area contributed by atoms with Crippen LogP contribution in [0.1, 0.15) is 6.92 Å². The van der Waals surface area contributed by atoms with Gasteiger partial charge in [0.25, 0.3) is 0 Å². The van der Waals surface area contributed by atoms with E-state index in [4.69, 9.17) is 5.11 Å². The van der Waals surface area contributed by atoms with Crippen molar-refractivity contribution in [3.63, 3.8) is 0 Å². The SMILES string of the molecule is C[C@H](O)N=PI. The highest BCUT2D eigenvalue weighted by Gasteiger charge is 1.79. The van der Waals surface area contributed by atoms with Crippen LogP contribution in [0.4, 0.5) is 0 Å². The van der Waals surface area contributed by atoms with Gasteiger partial charge in [-0.15, -0.1) is 0 Å². The molecule has 0 aromatic carbocycles. The zero-order valence-corrected chi connectivity index (χ0v) is 6.35. The van der Waals surface area contributed by atoms with Crippen LogP contribution in [0.2, 0.25) is 0 Å². The van der Waals surface area contributed by atoms with E-state index in [0.717, 1.165) is 6.02 Å². The molecule has 4 heteroatoms. The van der Waals surface area contributed by atoms with Gasteiger partial charge in [-0.05, 0) is 6.92 Å². The lowest BCUT2D eigenvalue weighted by atomic mass is 10.7. The van der Waals surface area contributed by atoms with Crippen molar-refractivity contribution in [2.24, 2.45) is 4.74 Å². The molecule has 6 heavy (non-hydrogen) atoms. The normalized spacial score (nSPS) is 15.8. The highest BCUT2D eigenvalue weighted by molar-refractivity contribution is 14.2. The van der Waals surface area contributed by atoms with E-state index in [1.807, 2.05) is 22.0 Å². The molecule has 0 spiro atoms. The van der Waals surface area contributed by atoms with Crippen LogP contribution in [-0.4, -0.2) is 11.3 Å². The van der Waals surface area contributed by atoms with Crippen molar-refractivity contribution in [1.29, 1.82) is 0 Å². The molecule has 0 saturated carbocycles. The average Bonchev–Trinajstić information content (AvgIpc) is 1.35. The molecule has 36 valence electrons. The molecule has 0 fully saturated rings. The van der Waals surface area contributed by atoms with E-state index in [9.17, 15) is 0 Å². The van der Waals surface area contributed by atoms with Crippen molar-refractivity contribution < 1.29 is 5.11 Å². The van der Waals surface area contributed by atoms with E-state index < -0.39 is 6.23 Å². The van der Waals surface area contributed by atoms with Gasteiger partial charge in [-0.2, -0.15) is 0 Å². The van der Waals surface area contributed by atoms with Gasteiger partial charge in [-0.3, -0.25) is 0 Å². The largest absolute Gasteiger partial charge is 0.372 e. The van der Waals surface area contributed by atoms with Crippen molar-refractivity contribution in [3.05, 3.63) is 0 Å². The molecule has 0 aliphatic heterocycles. The third kappa shape index (κ3) is 4.79. The number of aliphatic hydroxyl groups excluding tert-OH is 1. The van der Waals surface area contributed by atoms with Crippen LogP contribution in [0.25, 0.3) is 0 Å². The van der Waals surface area contributed by atoms with Crippen molar-refractivity contribution in [2.75, 3.05) is 0 Å². The molecule has 0 aromatic heterocycles. The maximum atomic E-state index is 8.37. The van der Waals surface area contributed by atoms with Crippen LogP contribution in [0.3, 0.4) is 0 Å². The molecule has 0 bridgehead atoms. The minimum Gasteiger partial charge on any atom is -0.372 e. The minimum absolute atomic E-state index is 0.497. The monoisotopic (exact) mass is 217 g/mol. The first-order valence-corrected chi connectivity index (χ1v) is 5.10. The van der Waals surface area contributed by atoms with E-state index in [2.05, 4.69) is 4.74 Å². The summed E-state index contributed by atoms with van der Waals surface area (Å²) in [5.74, 6) is 0. The fraction of sp³-hybridized carbons (Fsp3) is 1.00. The molecule has 0 radical (unpaired) electrons. The molecule has 2 nitrogen and oxygen atoms in total. The highest BCUT2D eigenvalue weighted by Crippen LogP contribution is 2.10. The predicted molar refractivity (Wildman–Crippen MR) is 35.0 cm³/mol. The van der Waals surface area contributed by atoms with Gasteiger partial charge in [-0.1, -0.05) is 0 Å². The van der Waals surface area contributed by atoms with Gasteiger partial charge in [0, 0.05) is 22.0 Å². The quantitative estimate of drug-likeness (QED) is 0.527. The van der Waals surface area contributed by atoms with E-state index >= 15 is 0 Å². The third-order valence-electron chi connectivity index (χ3n) is 0.211. The molecule has 0 aliphatic rings. The molecule has 0 amide bonds. The van der Waals surface area contributed by atoms with E-state index in [-0.39, 0.29) is 0 Å². The number of hydrogen-bond donors (Lipinski definition) is 1. The van der Waals surface area contributed by atoms with Crippen LogP contribution >= 0.6 is 28.1 Å². The third-order valence-corrected chi connectivity index (χ3v) is 1.38. The molecular weight excluding hydrogens is 212 g/mol. The van der Waals surface area contributed by atoms with Gasteiger partial charge in [0.1, 0.15) is 6.23 Å². The van der Waals surface area contributed by atoms with Crippen LogP contribution in [0, 0.1) is 0 Å². The Kier molecular flexibility index (Phi) is 4.48. The van der Waals surface area contributed by atoms with E-state index in [1.54, 1.807) is 6.92 Å². The molecule has 0 aliphatic carbocycles. The summed E-state index contributed by atoms with van der Waals surface area (Å²) in [5.41, 5.74) is 0. The topological polar surface area (TPSA) is 32.6 Å². The lowest BCUT2D eigenvalue weighted by Gasteiger charge is -1.86. The van der Waals surface area contributed by atoms with Crippen molar-refractivity contribution >= 4 is 28.1 Å². The fourth-order valence-electron chi connectivity index (χ4n) is 0.0632. The lowest BCUT2D eigenvalue weighted by Crippen LogP contribution is -1.87. The summed E-state index contributed by atoms with van der Waals surface area (Å²) in [4.78, 5) is 0. The van der Waals surface area contributed by atoms with Crippen LogP contribution in [-0.2, 0) is 0 Å². The minimum atomic E-state index is -0.497. The molecule has 0 heterocycles. The maximum absolute atomic E-state index is 8.37. The Labute approximate surface area is 51.3 Å². The first-order chi connectivity index (χ1) is 2.77. The Morgan fingerprint density at radius 3 is 2.50 bits per heavy atom. The molecule has 0 saturated heterocycles. The van der Waals surface area contributed by atoms with Gasteiger partial charge in [0.15, 0.2) is 0 Å². The van der Waals surface area contributed by atoms with Gasteiger partial charge in [0.2, 0.25) is 0 Å². The number of hydrogen-bond acceptors (Lipinski definition) is 2. The maximum Gasteiger partial charge on any atom is 0.147 e. The Morgan fingerprint density at radius 2 is 2.50 bits per heavy atom. The zero-order valence-electron chi connectivity index (χ0n) is 3.30. The first kappa shape index (κ1) is 6.79. The fourth-order valence-corrected chi connectivity index (χ4v) is 1.27. The van der Waals surface area contributed by atoms with Gasteiger partial charge >= 0.3 is 0 Å². The lowest BCUT2D eigenvalue weighted by molar-refractivity contribution is 0.208. The number of rotatable bonds is 1. The Morgan fingerprint density at radius 1 is 2.00 bits per heavy atom. The second-order valence-corrected chi connectivity index (χ2v) is 2.50. The van der Waals surface area contributed by atoms with Crippen LogP contribution < -0.4 is 0 Å². The van der Waals surface area contributed by atoms with Crippen LogP contribution in [0.5, 0.6) is 0 Å². The van der Waals surface area contributed by atoms with Crippen molar-refractivity contribution in [1.82, 2.24) is 0 Å². The zero-order chi connectivity index (χ0) is 4.99. The summed E-state index contributed by atoms with van der Waals surface area (Å²) in [5, 5.41) is 8.37.